The van der Waals surface area contributed by atoms with Crippen LogP contribution in [0.1, 0.15) is 54.0 Å². The van der Waals surface area contributed by atoms with Gasteiger partial charge in [0, 0.05) is 19.6 Å². The zero-order chi connectivity index (χ0) is 21.2. The normalized spacial score (nSPS) is 18.4. The minimum Gasteiger partial charge on any atom is -0.444 e. The SMILES string of the molecule is CN(CCNC(=O)OC(C)(C)C)Cc1cccc(B2OC(C)(C)C(C)(C)O2)c1. The lowest BCUT2D eigenvalue weighted by atomic mass is 9.78. The number of carbonyl (C=O) groups excluding carboxylic acids is 1. The Bertz CT molecular complexity index is 669. The molecule has 156 valence electrons. The first kappa shape index (κ1) is 22.7. The van der Waals surface area contributed by atoms with E-state index in [0.717, 1.165) is 18.6 Å². The monoisotopic (exact) mass is 390 g/mol. The molecule has 0 saturated carbocycles. The summed E-state index contributed by atoms with van der Waals surface area (Å²) in [6.45, 7) is 15.8. The maximum Gasteiger partial charge on any atom is 0.494 e. The van der Waals surface area contributed by atoms with E-state index in [4.69, 9.17) is 14.0 Å². The number of amides is 1. The molecule has 0 atom stereocenters. The first-order valence-electron chi connectivity index (χ1n) is 9.89. The van der Waals surface area contributed by atoms with Gasteiger partial charge in [0.05, 0.1) is 11.2 Å². The summed E-state index contributed by atoms with van der Waals surface area (Å²) in [6.07, 6.45) is -0.386. The molecule has 1 heterocycles. The summed E-state index contributed by atoms with van der Waals surface area (Å²) in [5.74, 6) is 0. The average molecular weight is 390 g/mol. The molecule has 0 aromatic heterocycles. The molecule has 0 bridgehead atoms. The molecular weight excluding hydrogens is 355 g/mol. The average Bonchev–Trinajstić information content (AvgIpc) is 2.74. The molecule has 1 saturated heterocycles. The summed E-state index contributed by atoms with van der Waals surface area (Å²) in [5.41, 5.74) is 1.02. The maximum absolute atomic E-state index is 11.7. The van der Waals surface area contributed by atoms with Crippen molar-refractivity contribution in [1.29, 1.82) is 0 Å². The smallest absolute Gasteiger partial charge is 0.444 e. The van der Waals surface area contributed by atoms with E-state index in [1.54, 1.807) is 0 Å². The van der Waals surface area contributed by atoms with Crippen LogP contribution < -0.4 is 10.8 Å². The number of nitrogens with one attached hydrogen (secondary N) is 1. The van der Waals surface area contributed by atoms with E-state index in [-0.39, 0.29) is 24.4 Å². The second-order valence-corrected chi connectivity index (χ2v) is 9.50. The molecular formula is C21H35BN2O4. The van der Waals surface area contributed by atoms with Crippen LogP contribution in [0.3, 0.4) is 0 Å². The fraction of sp³-hybridized carbons (Fsp3) is 0.667. The van der Waals surface area contributed by atoms with Crippen LogP contribution in [-0.4, -0.2) is 55.1 Å². The Morgan fingerprint density at radius 1 is 1.18 bits per heavy atom. The molecule has 1 aliphatic rings. The minimum atomic E-state index is -0.482. The summed E-state index contributed by atoms with van der Waals surface area (Å²) in [6, 6.07) is 8.28. The van der Waals surface area contributed by atoms with Gasteiger partial charge in [0.15, 0.2) is 0 Å². The second kappa shape index (κ2) is 8.43. The number of alkyl carbamates (subject to hydrolysis) is 1. The van der Waals surface area contributed by atoms with Crippen molar-refractivity contribution in [2.24, 2.45) is 0 Å². The molecule has 28 heavy (non-hydrogen) atoms. The predicted molar refractivity (Wildman–Crippen MR) is 113 cm³/mol. The van der Waals surface area contributed by atoms with Gasteiger partial charge < -0.3 is 24.3 Å². The summed E-state index contributed by atoms with van der Waals surface area (Å²) < 4.78 is 17.5. The minimum absolute atomic E-state index is 0.349. The first-order valence-corrected chi connectivity index (χ1v) is 9.89. The highest BCUT2D eigenvalue weighted by molar-refractivity contribution is 6.62. The molecule has 0 unspecified atom stereocenters. The molecule has 7 heteroatoms. The number of likely N-dealkylation sites (N-methyl/N-ethyl adjacent to an activating group) is 1. The van der Waals surface area contributed by atoms with Gasteiger partial charge in [0.2, 0.25) is 0 Å². The molecule has 2 rings (SSSR count). The van der Waals surface area contributed by atoms with Crippen LogP contribution in [0.4, 0.5) is 4.79 Å². The Kier molecular flexibility index (Phi) is 6.84. The highest BCUT2D eigenvalue weighted by Crippen LogP contribution is 2.36. The van der Waals surface area contributed by atoms with Crippen LogP contribution in [0.5, 0.6) is 0 Å². The molecule has 0 aliphatic carbocycles. The summed E-state index contributed by atoms with van der Waals surface area (Å²) in [7, 11) is 1.67. The molecule has 1 amide bonds. The van der Waals surface area contributed by atoms with E-state index in [2.05, 4.69) is 50.0 Å². The van der Waals surface area contributed by atoms with Crippen molar-refractivity contribution in [2.75, 3.05) is 20.1 Å². The third-order valence-corrected chi connectivity index (χ3v) is 5.09. The van der Waals surface area contributed by atoms with E-state index < -0.39 is 5.60 Å². The van der Waals surface area contributed by atoms with Gasteiger partial charge in [0.25, 0.3) is 0 Å². The zero-order valence-electron chi connectivity index (χ0n) is 18.6. The summed E-state index contributed by atoms with van der Waals surface area (Å²) >= 11 is 0. The maximum atomic E-state index is 11.7. The first-order chi connectivity index (χ1) is 12.8. The van der Waals surface area contributed by atoms with Gasteiger partial charge in [-0.1, -0.05) is 24.3 Å². The number of nitrogens with zero attached hydrogens (tertiary/aromatic N) is 1. The van der Waals surface area contributed by atoms with E-state index in [9.17, 15) is 4.79 Å². The van der Waals surface area contributed by atoms with Gasteiger partial charge >= 0.3 is 13.2 Å². The fourth-order valence-corrected chi connectivity index (χ4v) is 2.87. The Labute approximate surface area is 170 Å². The summed E-state index contributed by atoms with van der Waals surface area (Å²) in [4.78, 5) is 13.9. The van der Waals surface area contributed by atoms with E-state index in [0.29, 0.717) is 6.54 Å². The molecule has 6 nitrogen and oxygen atoms in total. The number of hydrogen-bond acceptors (Lipinski definition) is 5. The topological polar surface area (TPSA) is 60.0 Å². The predicted octanol–water partition coefficient (Wildman–Crippen LogP) is 2.94. The molecule has 1 fully saturated rings. The largest absolute Gasteiger partial charge is 0.494 e. The number of rotatable bonds is 6. The third kappa shape index (κ3) is 6.22. The zero-order valence-corrected chi connectivity index (χ0v) is 18.6. The number of hydrogen-bond donors (Lipinski definition) is 1. The van der Waals surface area contributed by atoms with Crippen LogP contribution in [0.25, 0.3) is 0 Å². The van der Waals surface area contributed by atoms with Crippen LogP contribution in [0, 0.1) is 0 Å². The van der Waals surface area contributed by atoms with E-state index >= 15 is 0 Å². The van der Waals surface area contributed by atoms with Crippen LogP contribution in [-0.2, 0) is 20.6 Å². The van der Waals surface area contributed by atoms with Gasteiger partial charge in [0.1, 0.15) is 5.60 Å². The van der Waals surface area contributed by atoms with Crippen molar-refractivity contribution in [3.63, 3.8) is 0 Å². The van der Waals surface area contributed by atoms with Gasteiger partial charge in [-0.3, -0.25) is 0 Å². The highest BCUT2D eigenvalue weighted by atomic mass is 16.7. The lowest BCUT2D eigenvalue weighted by Crippen LogP contribution is -2.41. The van der Waals surface area contributed by atoms with Crippen LogP contribution >= 0.6 is 0 Å². The molecule has 0 radical (unpaired) electrons. The lowest BCUT2D eigenvalue weighted by molar-refractivity contribution is 0.00578. The van der Waals surface area contributed by atoms with Crippen LogP contribution in [0.15, 0.2) is 24.3 Å². The highest BCUT2D eigenvalue weighted by Gasteiger charge is 2.51. The van der Waals surface area contributed by atoms with Gasteiger partial charge in [-0.15, -0.1) is 0 Å². The van der Waals surface area contributed by atoms with Crippen molar-refractivity contribution < 1.29 is 18.8 Å². The number of carbonyl (C=O) groups is 1. The molecule has 1 N–H and O–H groups in total. The van der Waals surface area contributed by atoms with Gasteiger partial charge in [-0.05, 0) is 66.5 Å². The number of ether oxygens (including phenoxy) is 1. The van der Waals surface area contributed by atoms with Crippen molar-refractivity contribution in [3.8, 4) is 0 Å². The molecule has 0 spiro atoms. The second-order valence-electron chi connectivity index (χ2n) is 9.50. The van der Waals surface area contributed by atoms with E-state index in [1.165, 1.54) is 5.56 Å². The van der Waals surface area contributed by atoms with Crippen molar-refractivity contribution in [2.45, 2.75) is 71.8 Å². The van der Waals surface area contributed by atoms with Crippen molar-refractivity contribution in [3.05, 3.63) is 29.8 Å². The van der Waals surface area contributed by atoms with Gasteiger partial charge in [-0.25, -0.2) is 4.79 Å². The standard InChI is InChI=1S/C21H35BN2O4/c1-19(2,3)26-18(25)23-12-13-24(8)15-16-10-9-11-17(14-16)22-27-20(4,5)21(6,7)28-22/h9-11,14H,12-13,15H2,1-8H3,(H,23,25). The van der Waals surface area contributed by atoms with Crippen molar-refractivity contribution >= 4 is 18.7 Å². The number of benzene rings is 1. The lowest BCUT2D eigenvalue weighted by Gasteiger charge is -2.32. The van der Waals surface area contributed by atoms with E-state index in [1.807, 2.05) is 40.0 Å². The molecule has 1 aliphatic heterocycles. The van der Waals surface area contributed by atoms with Crippen LogP contribution in [0.2, 0.25) is 0 Å². The Balaban J connectivity index is 1.87. The summed E-state index contributed by atoms with van der Waals surface area (Å²) in [5, 5.41) is 2.79. The van der Waals surface area contributed by atoms with Gasteiger partial charge in [-0.2, -0.15) is 0 Å². The quantitative estimate of drug-likeness (QED) is 0.757. The molecule has 1 aromatic carbocycles. The molecule has 1 aromatic rings. The third-order valence-electron chi connectivity index (χ3n) is 5.09. The fourth-order valence-electron chi connectivity index (χ4n) is 2.87. The van der Waals surface area contributed by atoms with Crippen molar-refractivity contribution in [1.82, 2.24) is 10.2 Å². The Morgan fingerprint density at radius 3 is 2.36 bits per heavy atom. The Morgan fingerprint density at radius 2 is 1.79 bits per heavy atom. The Hall–Kier alpha value is -1.57.